The molecule has 1 amide bonds. The molecule has 29 heavy (non-hydrogen) atoms. The summed E-state index contributed by atoms with van der Waals surface area (Å²) in [5.74, 6) is 0.324. The summed E-state index contributed by atoms with van der Waals surface area (Å²) >= 11 is 0. The Morgan fingerprint density at radius 3 is 2.34 bits per heavy atom. The first-order valence-corrected chi connectivity index (χ1v) is 9.57. The Kier molecular flexibility index (Phi) is 11.3. The molecule has 2 rings (SSSR count). The van der Waals surface area contributed by atoms with Crippen molar-refractivity contribution in [1.29, 1.82) is 0 Å². The van der Waals surface area contributed by atoms with Crippen LogP contribution in [-0.2, 0) is 17.8 Å². The molecule has 0 saturated heterocycles. The molecular formula is C22H30FIN4O. The lowest BCUT2D eigenvalue weighted by Gasteiger charge is -2.12. The second kappa shape index (κ2) is 13.1. The van der Waals surface area contributed by atoms with Crippen LogP contribution in [0, 0.1) is 19.7 Å². The number of amides is 1. The molecule has 0 aliphatic heterocycles. The minimum atomic E-state index is -0.301. The van der Waals surface area contributed by atoms with Gasteiger partial charge in [-0.1, -0.05) is 35.9 Å². The Hall–Kier alpha value is -2.16. The third-order valence-electron chi connectivity index (χ3n) is 4.27. The molecule has 0 saturated carbocycles. The lowest BCUT2D eigenvalue weighted by molar-refractivity contribution is -0.120. The van der Waals surface area contributed by atoms with Gasteiger partial charge in [-0.3, -0.25) is 4.79 Å². The molecule has 0 aliphatic rings. The fraction of sp³-hybridized carbons (Fsp3) is 0.364. The van der Waals surface area contributed by atoms with Crippen molar-refractivity contribution in [3.05, 3.63) is 70.5 Å². The van der Waals surface area contributed by atoms with E-state index in [4.69, 9.17) is 0 Å². The normalized spacial score (nSPS) is 10.8. The molecule has 0 bridgehead atoms. The Morgan fingerprint density at radius 1 is 1.00 bits per heavy atom. The molecule has 0 radical (unpaired) electrons. The molecule has 0 aliphatic carbocycles. The summed E-state index contributed by atoms with van der Waals surface area (Å²) in [7, 11) is 0. The van der Waals surface area contributed by atoms with Gasteiger partial charge in [0.25, 0.3) is 0 Å². The number of halogens is 2. The molecule has 0 aromatic heterocycles. The second-order valence-corrected chi connectivity index (χ2v) is 6.71. The van der Waals surface area contributed by atoms with E-state index in [2.05, 4.69) is 53.0 Å². The van der Waals surface area contributed by atoms with Crippen molar-refractivity contribution in [3.63, 3.8) is 0 Å². The zero-order valence-corrected chi connectivity index (χ0v) is 19.5. The van der Waals surface area contributed by atoms with E-state index < -0.39 is 0 Å². The van der Waals surface area contributed by atoms with Gasteiger partial charge < -0.3 is 16.0 Å². The molecule has 0 atom stereocenters. The van der Waals surface area contributed by atoms with Gasteiger partial charge in [-0.05, 0) is 49.6 Å². The molecule has 5 nitrogen and oxygen atoms in total. The summed E-state index contributed by atoms with van der Waals surface area (Å²) in [6.07, 6.45) is 0.237. The molecular weight excluding hydrogens is 482 g/mol. The van der Waals surface area contributed by atoms with Gasteiger partial charge >= 0.3 is 0 Å². The van der Waals surface area contributed by atoms with Gasteiger partial charge in [0.15, 0.2) is 5.96 Å². The van der Waals surface area contributed by atoms with Crippen LogP contribution in [0.15, 0.2) is 47.5 Å². The Morgan fingerprint density at radius 2 is 1.69 bits per heavy atom. The summed E-state index contributed by atoms with van der Waals surface area (Å²) in [5.41, 5.74) is 4.45. The third-order valence-corrected chi connectivity index (χ3v) is 4.27. The van der Waals surface area contributed by atoms with Gasteiger partial charge in [0.05, 0.1) is 13.0 Å². The van der Waals surface area contributed by atoms with Crippen LogP contribution in [0.4, 0.5) is 4.39 Å². The predicted molar refractivity (Wildman–Crippen MR) is 127 cm³/mol. The maximum Gasteiger partial charge on any atom is 0.224 e. The topological polar surface area (TPSA) is 65.5 Å². The highest BCUT2D eigenvalue weighted by Crippen LogP contribution is 2.11. The molecule has 2 aromatic rings. The number of carbonyl (C=O) groups is 1. The molecule has 3 N–H and O–H groups in total. The summed E-state index contributed by atoms with van der Waals surface area (Å²) in [6.45, 7) is 8.58. The SMILES string of the molecule is CCNC(=NCc1ccc(C)cc1C)NCCNC(=O)Cc1ccc(F)cc1.I. The fourth-order valence-electron chi connectivity index (χ4n) is 2.76. The number of carbonyl (C=O) groups excluding carboxylic acids is 1. The zero-order chi connectivity index (χ0) is 20.4. The van der Waals surface area contributed by atoms with Crippen molar-refractivity contribution in [2.75, 3.05) is 19.6 Å². The van der Waals surface area contributed by atoms with E-state index in [1.54, 1.807) is 12.1 Å². The first kappa shape index (κ1) is 24.9. The highest BCUT2D eigenvalue weighted by molar-refractivity contribution is 14.0. The molecule has 7 heteroatoms. The van der Waals surface area contributed by atoms with E-state index in [1.807, 2.05) is 6.92 Å². The second-order valence-electron chi connectivity index (χ2n) is 6.71. The Labute approximate surface area is 189 Å². The van der Waals surface area contributed by atoms with Crippen LogP contribution < -0.4 is 16.0 Å². The number of hydrogen-bond donors (Lipinski definition) is 3. The number of nitrogens with one attached hydrogen (secondary N) is 3. The van der Waals surface area contributed by atoms with Crippen molar-refractivity contribution in [1.82, 2.24) is 16.0 Å². The van der Waals surface area contributed by atoms with E-state index in [1.165, 1.54) is 28.8 Å². The molecule has 0 fully saturated rings. The Bertz CT molecular complexity index is 809. The van der Waals surface area contributed by atoms with Crippen LogP contribution in [0.3, 0.4) is 0 Å². The summed E-state index contributed by atoms with van der Waals surface area (Å²) < 4.78 is 12.9. The molecule has 0 unspecified atom stereocenters. The van der Waals surface area contributed by atoms with Crippen LogP contribution in [-0.4, -0.2) is 31.5 Å². The van der Waals surface area contributed by atoms with Crippen molar-refractivity contribution < 1.29 is 9.18 Å². The van der Waals surface area contributed by atoms with Crippen LogP contribution >= 0.6 is 24.0 Å². The first-order chi connectivity index (χ1) is 13.5. The lowest BCUT2D eigenvalue weighted by Crippen LogP contribution is -2.41. The maximum absolute atomic E-state index is 12.9. The zero-order valence-electron chi connectivity index (χ0n) is 17.2. The van der Waals surface area contributed by atoms with Gasteiger partial charge in [-0.25, -0.2) is 9.38 Å². The highest BCUT2D eigenvalue weighted by Gasteiger charge is 2.04. The third kappa shape index (κ3) is 9.25. The quantitative estimate of drug-likeness (QED) is 0.220. The van der Waals surface area contributed by atoms with Crippen molar-refractivity contribution in [2.24, 2.45) is 4.99 Å². The van der Waals surface area contributed by atoms with Gasteiger partial charge in [-0.2, -0.15) is 0 Å². The lowest BCUT2D eigenvalue weighted by atomic mass is 10.1. The standard InChI is InChI=1S/C22H29FN4O.HI/c1-4-24-22(27-15-19-8-5-16(2)13-17(19)3)26-12-11-25-21(28)14-18-6-9-20(23)10-7-18;/h5-10,13H,4,11-12,14-15H2,1-3H3,(H,25,28)(H2,24,26,27);1H. The monoisotopic (exact) mass is 512 g/mol. The fourth-order valence-corrected chi connectivity index (χ4v) is 2.76. The number of guanidine groups is 1. The average Bonchev–Trinajstić information content (AvgIpc) is 2.66. The van der Waals surface area contributed by atoms with Crippen LogP contribution in [0.1, 0.15) is 29.2 Å². The van der Waals surface area contributed by atoms with Gasteiger partial charge in [0, 0.05) is 19.6 Å². The first-order valence-electron chi connectivity index (χ1n) is 9.57. The van der Waals surface area contributed by atoms with Crippen molar-refractivity contribution >= 4 is 35.8 Å². The van der Waals surface area contributed by atoms with E-state index in [9.17, 15) is 9.18 Å². The average molecular weight is 512 g/mol. The number of aliphatic imine (C=N–C) groups is 1. The summed E-state index contributed by atoms with van der Waals surface area (Å²) in [5, 5.41) is 9.29. The summed E-state index contributed by atoms with van der Waals surface area (Å²) in [6, 6.07) is 12.3. The molecule has 0 spiro atoms. The number of aryl methyl sites for hydroxylation is 2. The number of nitrogens with zero attached hydrogens (tertiary/aromatic N) is 1. The van der Waals surface area contributed by atoms with Gasteiger partial charge in [0.1, 0.15) is 5.82 Å². The molecule has 0 heterocycles. The van der Waals surface area contributed by atoms with E-state index in [-0.39, 0.29) is 42.1 Å². The highest BCUT2D eigenvalue weighted by atomic mass is 127. The van der Waals surface area contributed by atoms with Crippen molar-refractivity contribution in [2.45, 2.75) is 33.7 Å². The van der Waals surface area contributed by atoms with Gasteiger partial charge in [0.2, 0.25) is 5.91 Å². The smallest absolute Gasteiger partial charge is 0.224 e. The largest absolute Gasteiger partial charge is 0.357 e. The van der Waals surface area contributed by atoms with E-state index in [0.29, 0.717) is 19.6 Å². The van der Waals surface area contributed by atoms with Crippen molar-refractivity contribution in [3.8, 4) is 0 Å². The number of rotatable bonds is 8. The number of benzene rings is 2. The maximum atomic E-state index is 12.9. The summed E-state index contributed by atoms with van der Waals surface area (Å²) in [4.78, 5) is 16.6. The van der Waals surface area contributed by atoms with Crippen LogP contribution in [0.25, 0.3) is 0 Å². The van der Waals surface area contributed by atoms with Gasteiger partial charge in [-0.15, -0.1) is 24.0 Å². The van der Waals surface area contributed by atoms with E-state index in [0.717, 1.165) is 18.1 Å². The molecule has 158 valence electrons. The Balaban J connectivity index is 0.00000420. The minimum Gasteiger partial charge on any atom is -0.357 e. The predicted octanol–water partition coefficient (Wildman–Crippen LogP) is 3.47. The van der Waals surface area contributed by atoms with Crippen LogP contribution in [0.2, 0.25) is 0 Å². The number of hydrogen-bond acceptors (Lipinski definition) is 2. The minimum absolute atomic E-state index is 0. The van der Waals surface area contributed by atoms with E-state index >= 15 is 0 Å². The van der Waals surface area contributed by atoms with Crippen LogP contribution in [0.5, 0.6) is 0 Å². The molecule has 2 aromatic carbocycles.